The summed E-state index contributed by atoms with van der Waals surface area (Å²) in [5.74, 6) is 2.39. The molecule has 4 nitrogen and oxygen atoms in total. The SMILES string of the molecule is CCCCOc1ccc(CN2CCCC2c2cc(C(C)C)no2)cc1. The van der Waals surface area contributed by atoms with Crippen molar-refractivity contribution in [3.63, 3.8) is 0 Å². The number of ether oxygens (including phenoxy) is 1. The fraction of sp³-hybridized carbons (Fsp3) is 0.571. The van der Waals surface area contributed by atoms with Gasteiger partial charge in [-0.15, -0.1) is 0 Å². The van der Waals surface area contributed by atoms with Gasteiger partial charge in [-0.05, 0) is 49.4 Å². The Morgan fingerprint density at radius 2 is 2.08 bits per heavy atom. The highest BCUT2D eigenvalue weighted by Gasteiger charge is 2.29. The fourth-order valence-corrected chi connectivity index (χ4v) is 3.33. The Hall–Kier alpha value is -1.81. The van der Waals surface area contributed by atoms with E-state index in [4.69, 9.17) is 9.26 Å². The number of nitrogens with zero attached hydrogens (tertiary/aromatic N) is 2. The molecule has 1 unspecified atom stereocenters. The van der Waals surface area contributed by atoms with Crippen LogP contribution in [0.4, 0.5) is 0 Å². The Morgan fingerprint density at radius 3 is 2.76 bits per heavy atom. The number of rotatable bonds is 8. The molecule has 0 aliphatic carbocycles. The highest BCUT2D eigenvalue weighted by atomic mass is 16.5. The van der Waals surface area contributed by atoms with E-state index in [-0.39, 0.29) is 0 Å². The van der Waals surface area contributed by atoms with Crippen LogP contribution in [0.1, 0.15) is 75.4 Å². The number of hydrogen-bond acceptors (Lipinski definition) is 4. The maximum Gasteiger partial charge on any atom is 0.154 e. The predicted octanol–water partition coefficient (Wildman–Crippen LogP) is 5.31. The molecular formula is C21H30N2O2. The van der Waals surface area contributed by atoms with Crippen molar-refractivity contribution in [3.8, 4) is 5.75 Å². The first kappa shape index (κ1) is 18.0. The Bertz CT molecular complexity index is 648. The minimum absolute atomic E-state index is 0.348. The van der Waals surface area contributed by atoms with Crippen LogP contribution in [-0.2, 0) is 6.54 Å². The van der Waals surface area contributed by atoms with Crippen LogP contribution < -0.4 is 4.74 Å². The van der Waals surface area contributed by atoms with Gasteiger partial charge < -0.3 is 9.26 Å². The maximum absolute atomic E-state index is 5.75. The molecule has 0 N–H and O–H groups in total. The molecule has 4 heteroatoms. The molecule has 1 atom stereocenters. The second kappa shape index (κ2) is 8.52. The maximum atomic E-state index is 5.75. The summed E-state index contributed by atoms with van der Waals surface area (Å²) in [6.07, 6.45) is 4.62. The average Bonchev–Trinajstić information content (AvgIpc) is 3.25. The van der Waals surface area contributed by atoms with Gasteiger partial charge in [0.15, 0.2) is 5.76 Å². The predicted molar refractivity (Wildman–Crippen MR) is 99.8 cm³/mol. The zero-order valence-electron chi connectivity index (χ0n) is 15.7. The highest BCUT2D eigenvalue weighted by molar-refractivity contribution is 5.27. The van der Waals surface area contributed by atoms with Crippen molar-refractivity contribution >= 4 is 0 Å². The summed E-state index contributed by atoms with van der Waals surface area (Å²) in [7, 11) is 0. The quantitative estimate of drug-likeness (QED) is 0.609. The lowest BCUT2D eigenvalue weighted by molar-refractivity contribution is 0.206. The second-order valence-corrected chi connectivity index (χ2v) is 7.28. The molecule has 1 fully saturated rings. The molecule has 0 amide bonds. The molecule has 2 aromatic rings. The van der Waals surface area contributed by atoms with Gasteiger partial charge in [0, 0.05) is 12.6 Å². The molecular weight excluding hydrogens is 312 g/mol. The summed E-state index contributed by atoms with van der Waals surface area (Å²) in [6, 6.07) is 11.0. The fourth-order valence-electron chi connectivity index (χ4n) is 3.33. The van der Waals surface area contributed by atoms with Gasteiger partial charge in [0.2, 0.25) is 0 Å². The Morgan fingerprint density at radius 1 is 1.28 bits per heavy atom. The standard InChI is InChI=1S/C21H30N2O2/c1-4-5-13-24-18-10-8-17(9-11-18)15-23-12-6-7-20(23)21-14-19(16(2)3)22-25-21/h8-11,14,16,20H,4-7,12-13,15H2,1-3H3. The van der Waals surface area contributed by atoms with Gasteiger partial charge in [0.05, 0.1) is 18.3 Å². The van der Waals surface area contributed by atoms with Gasteiger partial charge in [0.1, 0.15) is 5.75 Å². The monoisotopic (exact) mass is 342 g/mol. The summed E-state index contributed by atoms with van der Waals surface area (Å²) in [5.41, 5.74) is 2.37. The van der Waals surface area contributed by atoms with Crippen molar-refractivity contribution in [2.24, 2.45) is 0 Å². The topological polar surface area (TPSA) is 38.5 Å². The molecule has 2 heterocycles. The Labute approximate surface area is 151 Å². The molecule has 1 aliphatic rings. The largest absolute Gasteiger partial charge is 0.494 e. The Balaban J connectivity index is 1.61. The third-order valence-electron chi connectivity index (χ3n) is 4.91. The molecule has 25 heavy (non-hydrogen) atoms. The molecule has 1 aliphatic heterocycles. The van der Waals surface area contributed by atoms with Gasteiger partial charge in [-0.1, -0.05) is 44.5 Å². The first-order chi connectivity index (χ1) is 12.2. The van der Waals surface area contributed by atoms with Crippen LogP contribution in [0.25, 0.3) is 0 Å². The lowest BCUT2D eigenvalue weighted by Crippen LogP contribution is -2.22. The Kier molecular flexibility index (Phi) is 6.14. The third kappa shape index (κ3) is 4.63. The molecule has 1 saturated heterocycles. The van der Waals surface area contributed by atoms with E-state index in [1.807, 2.05) is 0 Å². The minimum Gasteiger partial charge on any atom is -0.494 e. The molecule has 136 valence electrons. The van der Waals surface area contributed by atoms with Crippen LogP contribution in [0, 0.1) is 0 Å². The summed E-state index contributed by atoms with van der Waals surface area (Å²) in [4.78, 5) is 2.50. The van der Waals surface area contributed by atoms with Crippen LogP contribution >= 0.6 is 0 Å². The van der Waals surface area contributed by atoms with E-state index in [0.717, 1.165) is 56.2 Å². The number of benzene rings is 1. The number of likely N-dealkylation sites (tertiary alicyclic amines) is 1. The first-order valence-electron chi connectivity index (χ1n) is 9.59. The average molecular weight is 342 g/mol. The van der Waals surface area contributed by atoms with Crippen molar-refractivity contribution in [1.82, 2.24) is 10.1 Å². The molecule has 0 bridgehead atoms. The van der Waals surface area contributed by atoms with Gasteiger partial charge in [0.25, 0.3) is 0 Å². The van der Waals surface area contributed by atoms with E-state index >= 15 is 0 Å². The van der Waals surface area contributed by atoms with Crippen molar-refractivity contribution < 1.29 is 9.26 Å². The highest BCUT2D eigenvalue weighted by Crippen LogP contribution is 2.34. The van der Waals surface area contributed by atoms with Crippen LogP contribution in [-0.4, -0.2) is 23.2 Å². The van der Waals surface area contributed by atoms with Crippen molar-refractivity contribution in [2.45, 2.75) is 65.0 Å². The summed E-state index contributed by atoms with van der Waals surface area (Å²) < 4.78 is 11.4. The minimum atomic E-state index is 0.348. The number of unbranched alkanes of at least 4 members (excludes halogenated alkanes) is 1. The summed E-state index contributed by atoms with van der Waals surface area (Å²) >= 11 is 0. The number of aromatic nitrogens is 1. The molecule has 1 aromatic heterocycles. The summed E-state index contributed by atoms with van der Waals surface area (Å²) in [5, 5.41) is 4.23. The van der Waals surface area contributed by atoms with Crippen molar-refractivity contribution in [2.75, 3.05) is 13.2 Å². The third-order valence-corrected chi connectivity index (χ3v) is 4.91. The van der Waals surface area contributed by atoms with Crippen molar-refractivity contribution in [1.29, 1.82) is 0 Å². The van der Waals surface area contributed by atoms with Crippen LogP contribution in [0.5, 0.6) is 5.75 Å². The normalized spacial score (nSPS) is 18.2. The van der Waals surface area contributed by atoms with Gasteiger partial charge >= 0.3 is 0 Å². The number of hydrogen-bond donors (Lipinski definition) is 0. The molecule has 1 aromatic carbocycles. The zero-order valence-corrected chi connectivity index (χ0v) is 15.7. The van der Waals surface area contributed by atoms with Crippen LogP contribution in [0.3, 0.4) is 0 Å². The molecule has 0 saturated carbocycles. The van der Waals surface area contributed by atoms with Gasteiger partial charge in [-0.3, -0.25) is 4.90 Å². The van der Waals surface area contributed by atoms with E-state index in [2.05, 4.69) is 61.2 Å². The molecule has 3 rings (SSSR count). The van der Waals surface area contributed by atoms with E-state index in [1.165, 1.54) is 12.0 Å². The lowest BCUT2D eigenvalue weighted by Gasteiger charge is -2.22. The second-order valence-electron chi connectivity index (χ2n) is 7.28. The van der Waals surface area contributed by atoms with E-state index in [9.17, 15) is 0 Å². The van der Waals surface area contributed by atoms with E-state index < -0.39 is 0 Å². The van der Waals surface area contributed by atoms with Crippen LogP contribution in [0.15, 0.2) is 34.9 Å². The van der Waals surface area contributed by atoms with E-state index in [1.54, 1.807) is 0 Å². The van der Waals surface area contributed by atoms with Gasteiger partial charge in [-0.2, -0.15) is 0 Å². The zero-order chi connectivity index (χ0) is 17.6. The lowest BCUT2D eigenvalue weighted by atomic mass is 10.1. The smallest absolute Gasteiger partial charge is 0.154 e. The van der Waals surface area contributed by atoms with E-state index in [0.29, 0.717) is 12.0 Å². The first-order valence-corrected chi connectivity index (χ1v) is 9.59. The molecule has 0 radical (unpaired) electrons. The molecule has 0 spiro atoms. The van der Waals surface area contributed by atoms with Crippen LogP contribution in [0.2, 0.25) is 0 Å². The summed E-state index contributed by atoms with van der Waals surface area (Å²) in [6.45, 7) is 9.33. The van der Waals surface area contributed by atoms with Gasteiger partial charge in [-0.25, -0.2) is 0 Å². The van der Waals surface area contributed by atoms with Crippen molar-refractivity contribution in [3.05, 3.63) is 47.3 Å².